The Kier molecular flexibility index (Phi) is 5.59. The van der Waals surface area contributed by atoms with Crippen LogP contribution in [0.25, 0.3) is 0 Å². The lowest BCUT2D eigenvalue weighted by Gasteiger charge is -2.33. The van der Waals surface area contributed by atoms with Crippen molar-refractivity contribution in [2.75, 3.05) is 13.1 Å². The van der Waals surface area contributed by atoms with Crippen molar-refractivity contribution in [3.05, 3.63) is 35.9 Å². The van der Waals surface area contributed by atoms with Crippen molar-refractivity contribution in [1.82, 2.24) is 4.90 Å². The van der Waals surface area contributed by atoms with Crippen molar-refractivity contribution >= 4 is 5.78 Å². The summed E-state index contributed by atoms with van der Waals surface area (Å²) in [5, 5.41) is 0. The third-order valence-corrected chi connectivity index (χ3v) is 4.02. The van der Waals surface area contributed by atoms with E-state index in [0.29, 0.717) is 5.78 Å². The summed E-state index contributed by atoms with van der Waals surface area (Å²) in [6.45, 7) is 4.38. The zero-order chi connectivity index (χ0) is 13.5. The third-order valence-electron chi connectivity index (χ3n) is 4.02. The number of unbranched alkanes of at least 4 members (excludes halogenated alkanes) is 1. The Hall–Kier alpha value is -1.15. The van der Waals surface area contributed by atoms with Crippen molar-refractivity contribution in [3.63, 3.8) is 0 Å². The Labute approximate surface area is 116 Å². The van der Waals surface area contributed by atoms with Gasteiger partial charge in [0.1, 0.15) is 0 Å². The highest BCUT2D eigenvalue weighted by atomic mass is 16.1. The van der Waals surface area contributed by atoms with E-state index >= 15 is 0 Å². The lowest BCUT2D eigenvalue weighted by Crippen LogP contribution is -2.44. The van der Waals surface area contributed by atoms with E-state index in [4.69, 9.17) is 0 Å². The number of hydrogen-bond donors (Lipinski definition) is 0. The second-order valence-corrected chi connectivity index (χ2v) is 5.48. The van der Waals surface area contributed by atoms with Crippen LogP contribution in [0.4, 0.5) is 0 Å². The topological polar surface area (TPSA) is 20.3 Å². The molecule has 2 nitrogen and oxygen atoms in total. The molecule has 0 aromatic heterocycles. The Balaban J connectivity index is 2.09. The van der Waals surface area contributed by atoms with Gasteiger partial charge in [-0.2, -0.15) is 0 Å². The molecule has 0 unspecified atom stereocenters. The minimum atomic E-state index is 0.0997. The first kappa shape index (κ1) is 14.3. The highest BCUT2D eigenvalue weighted by molar-refractivity contribution is 6.00. The molecule has 1 aliphatic rings. The summed E-state index contributed by atoms with van der Waals surface area (Å²) in [6, 6.07) is 9.89. The van der Waals surface area contributed by atoms with Crippen molar-refractivity contribution in [2.45, 2.75) is 51.5 Å². The molecule has 0 bridgehead atoms. The molecule has 1 aromatic carbocycles. The van der Waals surface area contributed by atoms with Crippen LogP contribution in [0.3, 0.4) is 0 Å². The van der Waals surface area contributed by atoms with Gasteiger partial charge in [-0.05, 0) is 32.4 Å². The second-order valence-electron chi connectivity index (χ2n) is 5.48. The fourth-order valence-corrected chi connectivity index (χ4v) is 2.90. The van der Waals surface area contributed by atoms with Gasteiger partial charge in [-0.15, -0.1) is 0 Å². The lowest BCUT2D eigenvalue weighted by atomic mass is 9.96. The number of piperidine rings is 1. The van der Waals surface area contributed by atoms with Gasteiger partial charge in [0.05, 0.1) is 6.04 Å². The third kappa shape index (κ3) is 3.90. The Morgan fingerprint density at radius 2 is 1.84 bits per heavy atom. The standard InChI is InChI=1S/C17H25NO/c1-2-3-12-16(18-13-8-5-9-14-18)17(19)15-10-6-4-7-11-15/h4,6-7,10-11,16H,2-3,5,8-9,12-14H2,1H3/t16-/m1/s1. The summed E-state index contributed by atoms with van der Waals surface area (Å²) in [7, 11) is 0. The van der Waals surface area contributed by atoms with E-state index in [-0.39, 0.29) is 6.04 Å². The molecule has 2 heteroatoms. The maximum Gasteiger partial charge on any atom is 0.179 e. The largest absolute Gasteiger partial charge is 0.293 e. The maximum atomic E-state index is 12.7. The van der Waals surface area contributed by atoms with Gasteiger partial charge in [-0.3, -0.25) is 9.69 Å². The minimum Gasteiger partial charge on any atom is -0.293 e. The number of benzene rings is 1. The summed E-state index contributed by atoms with van der Waals surface area (Å²) < 4.78 is 0. The molecule has 0 amide bonds. The number of carbonyl (C=O) groups excluding carboxylic acids is 1. The zero-order valence-corrected chi connectivity index (χ0v) is 12.0. The quantitative estimate of drug-likeness (QED) is 0.722. The predicted octanol–water partition coefficient (Wildman–Crippen LogP) is 3.91. The van der Waals surface area contributed by atoms with Gasteiger partial charge >= 0.3 is 0 Å². The minimum absolute atomic E-state index is 0.0997. The first-order chi connectivity index (χ1) is 9.33. The van der Waals surface area contributed by atoms with E-state index in [1.807, 2.05) is 30.3 Å². The molecule has 19 heavy (non-hydrogen) atoms. The molecule has 104 valence electrons. The zero-order valence-electron chi connectivity index (χ0n) is 12.0. The van der Waals surface area contributed by atoms with Gasteiger partial charge in [-0.25, -0.2) is 0 Å². The number of carbonyl (C=O) groups is 1. The van der Waals surface area contributed by atoms with Crippen LogP contribution >= 0.6 is 0 Å². The average molecular weight is 259 g/mol. The first-order valence-corrected chi connectivity index (χ1v) is 7.66. The number of likely N-dealkylation sites (tertiary alicyclic amines) is 1. The Morgan fingerprint density at radius 1 is 1.16 bits per heavy atom. The molecule has 1 heterocycles. The van der Waals surface area contributed by atoms with Crippen LogP contribution in [0, 0.1) is 0 Å². The van der Waals surface area contributed by atoms with Crippen LogP contribution in [0.15, 0.2) is 30.3 Å². The fraction of sp³-hybridized carbons (Fsp3) is 0.588. The molecule has 0 aliphatic carbocycles. The highest BCUT2D eigenvalue weighted by Crippen LogP contribution is 2.19. The Morgan fingerprint density at radius 3 is 2.47 bits per heavy atom. The molecular weight excluding hydrogens is 234 g/mol. The number of ketones is 1. The van der Waals surface area contributed by atoms with Crippen molar-refractivity contribution in [2.24, 2.45) is 0 Å². The maximum absolute atomic E-state index is 12.7. The Bertz CT molecular complexity index is 382. The van der Waals surface area contributed by atoms with E-state index in [1.165, 1.54) is 19.3 Å². The molecule has 1 aromatic rings. The predicted molar refractivity (Wildman–Crippen MR) is 79.5 cm³/mol. The summed E-state index contributed by atoms with van der Waals surface area (Å²) in [4.78, 5) is 15.1. The van der Waals surface area contributed by atoms with E-state index in [9.17, 15) is 4.79 Å². The molecule has 1 atom stereocenters. The van der Waals surface area contributed by atoms with Gasteiger partial charge < -0.3 is 0 Å². The molecule has 1 saturated heterocycles. The molecule has 2 rings (SSSR count). The highest BCUT2D eigenvalue weighted by Gasteiger charge is 2.27. The molecule has 0 saturated carbocycles. The molecule has 1 fully saturated rings. The van der Waals surface area contributed by atoms with Gasteiger partial charge in [0.2, 0.25) is 0 Å². The summed E-state index contributed by atoms with van der Waals surface area (Å²) in [5.41, 5.74) is 0.870. The van der Waals surface area contributed by atoms with Crippen LogP contribution in [0.1, 0.15) is 55.8 Å². The van der Waals surface area contributed by atoms with Gasteiger partial charge in [-0.1, -0.05) is 56.5 Å². The molecule has 0 radical (unpaired) electrons. The lowest BCUT2D eigenvalue weighted by molar-refractivity contribution is 0.0765. The first-order valence-electron chi connectivity index (χ1n) is 7.66. The number of hydrogen-bond acceptors (Lipinski definition) is 2. The van der Waals surface area contributed by atoms with Gasteiger partial charge in [0, 0.05) is 5.56 Å². The van der Waals surface area contributed by atoms with E-state index < -0.39 is 0 Å². The van der Waals surface area contributed by atoms with Crippen LogP contribution < -0.4 is 0 Å². The van der Waals surface area contributed by atoms with Crippen molar-refractivity contribution in [3.8, 4) is 0 Å². The molecular formula is C17H25NO. The SMILES string of the molecule is CCCC[C@H](C(=O)c1ccccc1)N1CCCCC1. The van der Waals surface area contributed by atoms with Gasteiger partial charge in [0.25, 0.3) is 0 Å². The van der Waals surface area contributed by atoms with Crippen LogP contribution in [-0.2, 0) is 0 Å². The van der Waals surface area contributed by atoms with E-state index in [0.717, 1.165) is 37.9 Å². The van der Waals surface area contributed by atoms with Gasteiger partial charge in [0.15, 0.2) is 5.78 Å². The van der Waals surface area contributed by atoms with Crippen molar-refractivity contribution < 1.29 is 4.79 Å². The van der Waals surface area contributed by atoms with Crippen LogP contribution in [-0.4, -0.2) is 29.8 Å². The molecule has 0 spiro atoms. The van der Waals surface area contributed by atoms with Crippen LogP contribution in [0.5, 0.6) is 0 Å². The van der Waals surface area contributed by atoms with Crippen molar-refractivity contribution in [1.29, 1.82) is 0 Å². The number of nitrogens with zero attached hydrogens (tertiary/aromatic N) is 1. The molecule has 1 aliphatic heterocycles. The average Bonchev–Trinajstić information content (AvgIpc) is 2.49. The fourth-order valence-electron chi connectivity index (χ4n) is 2.90. The second kappa shape index (κ2) is 7.44. The smallest absolute Gasteiger partial charge is 0.179 e. The number of rotatable bonds is 6. The van der Waals surface area contributed by atoms with E-state index in [1.54, 1.807) is 0 Å². The number of Topliss-reactive ketones (excluding diaryl/α,β-unsaturated/α-hetero) is 1. The normalized spacial score (nSPS) is 18.2. The summed E-state index contributed by atoms with van der Waals surface area (Å²) in [5.74, 6) is 0.316. The summed E-state index contributed by atoms with van der Waals surface area (Å²) >= 11 is 0. The van der Waals surface area contributed by atoms with E-state index in [2.05, 4.69) is 11.8 Å². The van der Waals surface area contributed by atoms with Crippen LogP contribution in [0.2, 0.25) is 0 Å². The summed E-state index contributed by atoms with van der Waals surface area (Å²) in [6.07, 6.45) is 7.10. The monoisotopic (exact) mass is 259 g/mol. The molecule has 0 N–H and O–H groups in total.